The highest BCUT2D eigenvalue weighted by molar-refractivity contribution is 5.80. The SMILES string of the molecule is CC(=O)CN(C)c1cc(N2CCCCC2)ncn1. The van der Waals surface area contributed by atoms with Gasteiger partial charge in [0, 0.05) is 26.2 Å². The van der Waals surface area contributed by atoms with Gasteiger partial charge in [-0.3, -0.25) is 4.79 Å². The molecule has 1 aliphatic heterocycles. The Bertz CT molecular complexity index is 415. The number of likely N-dealkylation sites (N-methyl/N-ethyl adjacent to an activating group) is 1. The van der Waals surface area contributed by atoms with Gasteiger partial charge in [0.2, 0.25) is 0 Å². The molecule has 0 N–H and O–H groups in total. The van der Waals surface area contributed by atoms with Gasteiger partial charge < -0.3 is 9.80 Å². The van der Waals surface area contributed by atoms with Crippen molar-refractivity contribution in [1.82, 2.24) is 9.97 Å². The zero-order valence-corrected chi connectivity index (χ0v) is 11.1. The molecule has 0 saturated carbocycles. The van der Waals surface area contributed by atoms with E-state index in [9.17, 15) is 4.79 Å². The second-order valence-electron chi connectivity index (χ2n) is 4.84. The highest BCUT2D eigenvalue weighted by Crippen LogP contribution is 2.20. The molecule has 0 amide bonds. The highest BCUT2D eigenvalue weighted by atomic mass is 16.1. The average molecular weight is 248 g/mol. The minimum Gasteiger partial charge on any atom is -0.356 e. The third kappa shape index (κ3) is 3.18. The van der Waals surface area contributed by atoms with Crippen molar-refractivity contribution in [2.75, 3.05) is 36.5 Å². The summed E-state index contributed by atoms with van der Waals surface area (Å²) in [7, 11) is 1.88. The number of ketones is 1. The van der Waals surface area contributed by atoms with Crippen LogP contribution in [0.5, 0.6) is 0 Å². The van der Waals surface area contributed by atoms with Gasteiger partial charge in [0.25, 0.3) is 0 Å². The maximum absolute atomic E-state index is 11.1. The summed E-state index contributed by atoms with van der Waals surface area (Å²) in [6.07, 6.45) is 5.33. The number of carbonyl (C=O) groups is 1. The maximum Gasteiger partial charge on any atom is 0.149 e. The van der Waals surface area contributed by atoms with Crippen LogP contribution in [0.2, 0.25) is 0 Å². The summed E-state index contributed by atoms with van der Waals surface area (Å²) in [4.78, 5) is 23.8. The molecule has 1 aromatic rings. The van der Waals surface area contributed by atoms with Gasteiger partial charge in [0.15, 0.2) is 0 Å². The third-order valence-corrected chi connectivity index (χ3v) is 3.17. The van der Waals surface area contributed by atoms with E-state index < -0.39 is 0 Å². The first-order valence-electron chi connectivity index (χ1n) is 6.44. The van der Waals surface area contributed by atoms with Gasteiger partial charge in [-0.25, -0.2) is 9.97 Å². The number of hydrogen-bond acceptors (Lipinski definition) is 5. The van der Waals surface area contributed by atoms with E-state index in [0.29, 0.717) is 6.54 Å². The number of hydrogen-bond donors (Lipinski definition) is 0. The predicted molar refractivity (Wildman–Crippen MR) is 72.0 cm³/mol. The minimum atomic E-state index is 0.135. The van der Waals surface area contributed by atoms with E-state index in [1.165, 1.54) is 19.3 Å². The normalized spacial score (nSPS) is 15.6. The lowest BCUT2D eigenvalue weighted by Gasteiger charge is -2.28. The lowest BCUT2D eigenvalue weighted by molar-refractivity contribution is -0.115. The largest absolute Gasteiger partial charge is 0.356 e. The fourth-order valence-electron chi connectivity index (χ4n) is 2.26. The third-order valence-electron chi connectivity index (χ3n) is 3.17. The van der Waals surface area contributed by atoms with Gasteiger partial charge in [-0.2, -0.15) is 0 Å². The molecule has 98 valence electrons. The Morgan fingerprint density at radius 3 is 2.72 bits per heavy atom. The van der Waals surface area contributed by atoms with Crippen LogP contribution >= 0.6 is 0 Å². The van der Waals surface area contributed by atoms with Crippen molar-refractivity contribution >= 4 is 17.4 Å². The van der Waals surface area contributed by atoms with Crippen LogP contribution in [0.1, 0.15) is 26.2 Å². The van der Waals surface area contributed by atoms with Crippen molar-refractivity contribution in [2.45, 2.75) is 26.2 Å². The van der Waals surface area contributed by atoms with Gasteiger partial charge >= 0.3 is 0 Å². The van der Waals surface area contributed by atoms with E-state index >= 15 is 0 Å². The Labute approximate surface area is 108 Å². The van der Waals surface area contributed by atoms with Crippen LogP contribution < -0.4 is 9.80 Å². The monoisotopic (exact) mass is 248 g/mol. The van der Waals surface area contributed by atoms with Crippen LogP contribution in [-0.4, -0.2) is 42.4 Å². The van der Waals surface area contributed by atoms with Crippen LogP contribution in [0.15, 0.2) is 12.4 Å². The number of anilines is 2. The van der Waals surface area contributed by atoms with E-state index in [1.54, 1.807) is 13.3 Å². The predicted octanol–water partition coefficient (Wildman–Crippen LogP) is 1.49. The van der Waals surface area contributed by atoms with Gasteiger partial charge in [0.1, 0.15) is 23.7 Å². The van der Waals surface area contributed by atoms with Crippen LogP contribution in [0.25, 0.3) is 0 Å². The van der Waals surface area contributed by atoms with Gasteiger partial charge in [-0.15, -0.1) is 0 Å². The number of nitrogens with zero attached hydrogens (tertiary/aromatic N) is 4. The molecule has 0 bridgehead atoms. The second-order valence-corrected chi connectivity index (χ2v) is 4.84. The quantitative estimate of drug-likeness (QED) is 0.808. The molecule has 0 aliphatic carbocycles. The molecular formula is C13H20N4O. The molecule has 2 heterocycles. The molecule has 0 radical (unpaired) electrons. The molecule has 5 nitrogen and oxygen atoms in total. The summed E-state index contributed by atoms with van der Waals surface area (Å²) in [5.74, 6) is 1.91. The van der Waals surface area contributed by atoms with Crippen molar-refractivity contribution in [3.63, 3.8) is 0 Å². The Balaban J connectivity index is 2.11. The number of aromatic nitrogens is 2. The first-order chi connectivity index (χ1) is 8.66. The van der Waals surface area contributed by atoms with E-state index in [0.717, 1.165) is 24.7 Å². The van der Waals surface area contributed by atoms with Gasteiger partial charge in [0.05, 0.1) is 6.54 Å². The molecule has 5 heteroatoms. The lowest BCUT2D eigenvalue weighted by Crippen LogP contribution is -2.31. The van der Waals surface area contributed by atoms with Crippen molar-refractivity contribution in [3.05, 3.63) is 12.4 Å². The average Bonchev–Trinajstić information content (AvgIpc) is 2.39. The number of Topliss-reactive ketones (excluding diaryl/α,β-unsaturated/α-hetero) is 1. The van der Waals surface area contributed by atoms with E-state index in [-0.39, 0.29) is 5.78 Å². The van der Waals surface area contributed by atoms with E-state index in [1.807, 2.05) is 18.0 Å². The minimum absolute atomic E-state index is 0.135. The zero-order valence-electron chi connectivity index (χ0n) is 11.1. The Morgan fingerprint density at radius 2 is 2.06 bits per heavy atom. The smallest absolute Gasteiger partial charge is 0.149 e. The van der Waals surface area contributed by atoms with Crippen LogP contribution in [0.3, 0.4) is 0 Å². The number of rotatable bonds is 4. The van der Waals surface area contributed by atoms with Crippen molar-refractivity contribution in [2.24, 2.45) is 0 Å². The van der Waals surface area contributed by atoms with E-state index in [2.05, 4.69) is 14.9 Å². The first-order valence-corrected chi connectivity index (χ1v) is 6.44. The standard InChI is InChI=1S/C13H20N4O/c1-11(18)9-16(2)12-8-13(15-10-14-12)17-6-4-3-5-7-17/h8,10H,3-7,9H2,1-2H3. The Morgan fingerprint density at radius 1 is 1.33 bits per heavy atom. The molecule has 0 atom stereocenters. The fourth-order valence-corrected chi connectivity index (χ4v) is 2.26. The fraction of sp³-hybridized carbons (Fsp3) is 0.615. The first kappa shape index (κ1) is 12.8. The lowest BCUT2D eigenvalue weighted by atomic mass is 10.1. The van der Waals surface area contributed by atoms with Crippen molar-refractivity contribution < 1.29 is 4.79 Å². The molecule has 1 fully saturated rings. The number of piperidine rings is 1. The topological polar surface area (TPSA) is 49.3 Å². The van der Waals surface area contributed by atoms with Crippen LogP contribution in [0, 0.1) is 0 Å². The molecule has 0 unspecified atom stereocenters. The molecule has 0 aromatic carbocycles. The Kier molecular flexibility index (Phi) is 4.12. The molecule has 18 heavy (non-hydrogen) atoms. The molecule has 1 aromatic heterocycles. The Hall–Kier alpha value is -1.65. The van der Waals surface area contributed by atoms with Gasteiger partial charge in [-0.05, 0) is 26.2 Å². The molecular weight excluding hydrogens is 228 g/mol. The highest BCUT2D eigenvalue weighted by Gasteiger charge is 2.14. The van der Waals surface area contributed by atoms with Gasteiger partial charge in [-0.1, -0.05) is 0 Å². The zero-order chi connectivity index (χ0) is 13.0. The molecule has 1 saturated heterocycles. The maximum atomic E-state index is 11.1. The molecule has 2 rings (SSSR count). The summed E-state index contributed by atoms with van der Waals surface area (Å²) in [6.45, 7) is 4.10. The summed E-state index contributed by atoms with van der Waals surface area (Å²) >= 11 is 0. The summed E-state index contributed by atoms with van der Waals surface area (Å²) < 4.78 is 0. The van der Waals surface area contributed by atoms with E-state index in [4.69, 9.17) is 0 Å². The van der Waals surface area contributed by atoms with Crippen molar-refractivity contribution in [3.8, 4) is 0 Å². The summed E-state index contributed by atoms with van der Waals surface area (Å²) in [5.41, 5.74) is 0. The molecule has 1 aliphatic rings. The summed E-state index contributed by atoms with van der Waals surface area (Å²) in [6, 6.07) is 1.97. The van der Waals surface area contributed by atoms with Crippen LogP contribution in [-0.2, 0) is 4.79 Å². The summed E-state index contributed by atoms with van der Waals surface area (Å²) in [5, 5.41) is 0. The molecule has 0 spiro atoms. The van der Waals surface area contributed by atoms with Crippen molar-refractivity contribution in [1.29, 1.82) is 0 Å². The number of carbonyl (C=O) groups excluding carboxylic acids is 1. The second kappa shape index (κ2) is 5.80. The van der Waals surface area contributed by atoms with Crippen LogP contribution in [0.4, 0.5) is 11.6 Å².